The maximum Gasteiger partial charge on any atom is 0.143 e. The number of halogens is 2. The van der Waals surface area contributed by atoms with Gasteiger partial charge < -0.3 is 10.0 Å². The van der Waals surface area contributed by atoms with Crippen molar-refractivity contribution in [2.24, 2.45) is 0 Å². The lowest BCUT2D eigenvalue weighted by atomic mass is 10.2. The predicted molar refractivity (Wildman–Crippen MR) is 86.7 cm³/mol. The maximum absolute atomic E-state index is 9.73. The number of benzene rings is 2. The van der Waals surface area contributed by atoms with Gasteiger partial charge in [-0.25, -0.2) is 0 Å². The van der Waals surface area contributed by atoms with Crippen molar-refractivity contribution in [2.45, 2.75) is 13.5 Å². The van der Waals surface area contributed by atoms with E-state index in [4.69, 9.17) is 0 Å². The van der Waals surface area contributed by atoms with E-state index in [2.05, 4.69) is 55.8 Å². The molecule has 19 heavy (non-hydrogen) atoms. The molecule has 4 heteroatoms. The van der Waals surface area contributed by atoms with E-state index in [1.807, 2.05) is 30.3 Å². The Balaban J connectivity index is 2.24. The molecule has 0 aliphatic heterocycles. The number of para-hydroxylation sites is 1. The summed E-state index contributed by atoms with van der Waals surface area (Å²) in [5, 5.41) is 9.73. The first-order chi connectivity index (χ1) is 9.11. The lowest BCUT2D eigenvalue weighted by molar-refractivity contribution is 0.468. The van der Waals surface area contributed by atoms with E-state index in [1.165, 1.54) is 5.69 Å². The molecule has 2 aromatic carbocycles. The standard InChI is InChI=1S/C15H15Br2NO/c1-2-18(12-6-4-3-5-7-12)10-11-8-13(16)15(19)14(17)9-11/h3-9,19H,2,10H2,1H3. The molecule has 1 N–H and O–H groups in total. The minimum Gasteiger partial charge on any atom is -0.506 e. The third kappa shape index (κ3) is 3.51. The predicted octanol–water partition coefficient (Wildman–Crippen LogP) is 4.94. The summed E-state index contributed by atoms with van der Waals surface area (Å²) >= 11 is 6.73. The second-order valence-corrected chi connectivity index (χ2v) is 5.97. The van der Waals surface area contributed by atoms with Gasteiger partial charge in [0.25, 0.3) is 0 Å². The Bertz CT molecular complexity index is 534. The molecule has 2 nitrogen and oxygen atoms in total. The van der Waals surface area contributed by atoms with Crippen molar-refractivity contribution in [3.63, 3.8) is 0 Å². The number of hydrogen-bond acceptors (Lipinski definition) is 2. The van der Waals surface area contributed by atoms with Gasteiger partial charge in [0.05, 0.1) is 8.95 Å². The van der Waals surface area contributed by atoms with Crippen molar-refractivity contribution in [3.05, 3.63) is 57.0 Å². The largest absolute Gasteiger partial charge is 0.506 e. The van der Waals surface area contributed by atoms with E-state index < -0.39 is 0 Å². The Kier molecular flexibility index (Phi) is 4.88. The van der Waals surface area contributed by atoms with Crippen LogP contribution < -0.4 is 4.90 Å². The highest BCUT2D eigenvalue weighted by Crippen LogP contribution is 2.34. The first-order valence-corrected chi connectivity index (χ1v) is 7.67. The fourth-order valence-corrected chi connectivity index (χ4v) is 3.24. The highest BCUT2D eigenvalue weighted by atomic mass is 79.9. The summed E-state index contributed by atoms with van der Waals surface area (Å²) in [7, 11) is 0. The molecule has 0 atom stereocenters. The van der Waals surface area contributed by atoms with Crippen LogP contribution in [-0.4, -0.2) is 11.7 Å². The molecule has 0 unspecified atom stereocenters. The van der Waals surface area contributed by atoms with Gasteiger partial charge in [0.15, 0.2) is 0 Å². The highest BCUT2D eigenvalue weighted by Gasteiger charge is 2.09. The van der Waals surface area contributed by atoms with Crippen LogP contribution in [0.1, 0.15) is 12.5 Å². The molecule has 0 aliphatic carbocycles. The van der Waals surface area contributed by atoms with Crippen molar-refractivity contribution < 1.29 is 5.11 Å². The summed E-state index contributed by atoms with van der Waals surface area (Å²) in [6.07, 6.45) is 0. The van der Waals surface area contributed by atoms with Gasteiger partial charge in [-0.1, -0.05) is 18.2 Å². The monoisotopic (exact) mass is 383 g/mol. The normalized spacial score (nSPS) is 10.5. The van der Waals surface area contributed by atoms with Gasteiger partial charge in [-0.2, -0.15) is 0 Å². The van der Waals surface area contributed by atoms with Gasteiger partial charge in [-0.15, -0.1) is 0 Å². The Labute approximate surface area is 130 Å². The van der Waals surface area contributed by atoms with Crippen molar-refractivity contribution in [1.82, 2.24) is 0 Å². The molecular formula is C15H15Br2NO. The first-order valence-electron chi connectivity index (χ1n) is 6.08. The summed E-state index contributed by atoms with van der Waals surface area (Å²) in [6, 6.07) is 14.2. The maximum atomic E-state index is 9.73. The average molecular weight is 385 g/mol. The Morgan fingerprint density at radius 3 is 2.16 bits per heavy atom. The summed E-state index contributed by atoms with van der Waals surface area (Å²) in [6.45, 7) is 3.87. The van der Waals surface area contributed by atoms with E-state index in [-0.39, 0.29) is 5.75 Å². The minimum absolute atomic E-state index is 0.242. The first kappa shape index (κ1) is 14.4. The van der Waals surface area contributed by atoms with Crippen LogP contribution in [-0.2, 0) is 6.54 Å². The van der Waals surface area contributed by atoms with Crippen LogP contribution in [0.5, 0.6) is 5.75 Å². The number of hydrogen-bond donors (Lipinski definition) is 1. The molecule has 0 bridgehead atoms. The van der Waals surface area contributed by atoms with Crippen LogP contribution >= 0.6 is 31.9 Å². The van der Waals surface area contributed by atoms with Gasteiger partial charge in [-0.3, -0.25) is 0 Å². The molecule has 0 aliphatic rings. The molecule has 0 amide bonds. The van der Waals surface area contributed by atoms with Gasteiger partial charge in [-0.05, 0) is 68.6 Å². The molecule has 2 rings (SSSR count). The van der Waals surface area contributed by atoms with E-state index in [9.17, 15) is 5.11 Å². The molecule has 2 aromatic rings. The van der Waals surface area contributed by atoms with Crippen LogP contribution in [0.3, 0.4) is 0 Å². The Hall–Kier alpha value is -1.00. The lowest BCUT2D eigenvalue weighted by Gasteiger charge is -2.23. The zero-order valence-electron chi connectivity index (χ0n) is 10.6. The van der Waals surface area contributed by atoms with Crippen LogP contribution in [0.25, 0.3) is 0 Å². The molecule has 0 saturated carbocycles. The van der Waals surface area contributed by atoms with Gasteiger partial charge >= 0.3 is 0 Å². The molecule has 0 heterocycles. The van der Waals surface area contributed by atoms with E-state index in [1.54, 1.807) is 0 Å². The second kappa shape index (κ2) is 6.44. The number of rotatable bonds is 4. The number of nitrogens with zero attached hydrogens (tertiary/aromatic N) is 1. The average Bonchev–Trinajstić information content (AvgIpc) is 2.43. The quantitative estimate of drug-likeness (QED) is 0.806. The van der Waals surface area contributed by atoms with Crippen LogP contribution in [0, 0.1) is 0 Å². The van der Waals surface area contributed by atoms with Crippen molar-refractivity contribution in [3.8, 4) is 5.75 Å². The second-order valence-electron chi connectivity index (χ2n) is 4.26. The lowest BCUT2D eigenvalue weighted by Crippen LogP contribution is -2.21. The number of aromatic hydroxyl groups is 1. The summed E-state index contributed by atoms with van der Waals surface area (Å²) in [5.74, 6) is 0.242. The van der Waals surface area contributed by atoms with Crippen LogP contribution in [0.2, 0.25) is 0 Å². The van der Waals surface area contributed by atoms with E-state index >= 15 is 0 Å². The number of phenolic OH excluding ortho intramolecular Hbond substituents is 1. The van der Waals surface area contributed by atoms with E-state index in [0.717, 1.165) is 18.7 Å². The fraction of sp³-hybridized carbons (Fsp3) is 0.200. The smallest absolute Gasteiger partial charge is 0.143 e. The minimum atomic E-state index is 0.242. The zero-order valence-corrected chi connectivity index (χ0v) is 13.8. The molecule has 0 aromatic heterocycles. The number of anilines is 1. The molecule has 100 valence electrons. The van der Waals surface area contributed by atoms with Gasteiger partial charge in [0.2, 0.25) is 0 Å². The number of phenols is 1. The topological polar surface area (TPSA) is 23.5 Å². The Morgan fingerprint density at radius 2 is 1.63 bits per heavy atom. The van der Waals surface area contributed by atoms with Gasteiger partial charge in [0, 0.05) is 18.8 Å². The SMILES string of the molecule is CCN(Cc1cc(Br)c(O)c(Br)c1)c1ccccc1. The van der Waals surface area contributed by atoms with Gasteiger partial charge in [0.1, 0.15) is 5.75 Å². The molecule has 0 spiro atoms. The summed E-state index contributed by atoms with van der Waals surface area (Å²) in [5.41, 5.74) is 2.34. The fourth-order valence-electron chi connectivity index (χ4n) is 1.95. The van der Waals surface area contributed by atoms with Crippen LogP contribution in [0.15, 0.2) is 51.4 Å². The summed E-state index contributed by atoms with van der Waals surface area (Å²) in [4.78, 5) is 2.28. The Morgan fingerprint density at radius 1 is 1.05 bits per heavy atom. The highest BCUT2D eigenvalue weighted by molar-refractivity contribution is 9.11. The summed E-state index contributed by atoms with van der Waals surface area (Å²) < 4.78 is 1.42. The van der Waals surface area contributed by atoms with Crippen molar-refractivity contribution >= 4 is 37.5 Å². The van der Waals surface area contributed by atoms with Crippen molar-refractivity contribution in [1.29, 1.82) is 0 Å². The third-order valence-corrected chi connectivity index (χ3v) is 4.16. The zero-order chi connectivity index (χ0) is 13.8. The molecule has 0 fully saturated rings. The molecule has 0 radical (unpaired) electrons. The van der Waals surface area contributed by atoms with Crippen LogP contribution in [0.4, 0.5) is 5.69 Å². The van der Waals surface area contributed by atoms with Crippen molar-refractivity contribution in [2.75, 3.05) is 11.4 Å². The molecule has 0 saturated heterocycles. The van der Waals surface area contributed by atoms with E-state index in [0.29, 0.717) is 8.95 Å². The third-order valence-electron chi connectivity index (χ3n) is 2.95. The molecular weight excluding hydrogens is 370 g/mol.